The van der Waals surface area contributed by atoms with Crippen LogP contribution in [0, 0.1) is 0 Å². The van der Waals surface area contributed by atoms with Crippen molar-refractivity contribution >= 4 is 22.5 Å². The van der Waals surface area contributed by atoms with Gasteiger partial charge in [-0.15, -0.1) is 0 Å². The lowest BCUT2D eigenvalue weighted by atomic mass is 10.1. The van der Waals surface area contributed by atoms with Crippen LogP contribution in [-0.4, -0.2) is 31.3 Å². The van der Waals surface area contributed by atoms with Gasteiger partial charge >= 0.3 is 0 Å². The van der Waals surface area contributed by atoms with Crippen LogP contribution < -0.4 is 19.8 Å². The molecule has 24 heavy (non-hydrogen) atoms. The molecule has 1 N–H and O–H groups in total. The Morgan fingerprint density at radius 1 is 1.00 bits per heavy atom. The van der Waals surface area contributed by atoms with Crippen molar-refractivity contribution in [2.24, 2.45) is 0 Å². The number of nitrogens with one attached hydrogen (secondary N) is 1. The fourth-order valence-electron chi connectivity index (χ4n) is 2.48. The second-order valence-corrected chi connectivity index (χ2v) is 5.40. The Morgan fingerprint density at radius 2 is 1.67 bits per heavy atom. The van der Waals surface area contributed by atoms with Gasteiger partial charge in [0.05, 0.1) is 26.7 Å². The predicted molar refractivity (Wildman–Crippen MR) is 92.5 cm³/mol. The van der Waals surface area contributed by atoms with Crippen LogP contribution in [0.5, 0.6) is 17.2 Å². The zero-order valence-corrected chi connectivity index (χ0v) is 14.1. The van der Waals surface area contributed by atoms with Gasteiger partial charge in [-0.3, -0.25) is 4.79 Å². The van der Waals surface area contributed by atoms with Gasteiger partial charge in [0.15, 0.2) is 11.5 Å². The average Bonchev–Trinajstić information content (AvgIpc) is 2.60. The van der Waals surface area contributed by atoms with Gasteiger partial charge in [0.25, 0.3) is 5.56 Å². The van der Waals surface area contributed by atoms with E-state index in [1.807, 2.05) is 0 Å². The molecule has 0 fully saturated rings. The standard InChI is InChI=1S/C17H15ClN2O4/c1-22-12-8-11-13(15(24-3)14(12)23-2)19-16(20-17(11)21)9-4-6-10(18)7-5-9/h4-8H,1-3H3,(H,19,20,21). The number of hydrogen-bond donors (Lipinski definition) is 1. The van der Waals surface area contributed by atoms with Crippen molar-refractivity contribution in [2.45, 2.75) is 0 Å². The molecule has 124 valence electrons. The van der Waals surface area contributed by atoms with Crippen LogP contribution >= 0.6 is 11.6 Å². The van der Waals surface area contributed by atoms with Gasteiger partial charge in [-0.1, -0.05) is 11.6 Å². The maximum absolute atomic E-state index is 12.5. The molecule has 3 aromatic rings. The Kier molecular flexibility index (Phi) is 4.31. The third kappa shape index (κ3) is 2.65. The minimum atomic E-state index is -0.302. The number of hydrogen-bond acceptors (Lipinski definition) is 5. The van der Waals surface area contributed by atoms with E-state index in [2.05, 4.69) is 9.97 Å². The van der Waals surface area contributed by atoms with Crippen molar-refractivity contribution in [3.63, 3.8) is 0 Å². The van der Waals surface area contributed by atoms with E-state index in [0.717, 1.165) is 5.56 Å². The van der Waals surface area contributed by atoms with E-state index in [1.165, 1.54) is 21.3 Å². The van der Waals surface area contributed by atoms with Crippen molar-refractivity contribution in [3.8, 4) is 28.6 Å². The highest BCUT2D eigenvalue weighted by Crippen LogP contribution is 2.41. The molecular weight excluding hydrogens is 332 g/mol. The van der Waals surface area contributed by atoms with Crippen LogP contribution in [0.25, 0.3) is 22.3 Å². The number of aromatic nitrogens is 2. The number of benzene rings is 2. The molecule has 1 aromatic heterocycles. The van der Waals surface area contributed by atoms with E-state index in [9.17, 15) is 4.79 Å². The summed E-state index contributed by atoms with van der Waals surface area (Å²) in [5.74, 6) is 1.53. The summed E-state index contributed by atoms with van der Waals surface area (Å²) < 4.78 is 16.0. The first-order chi connectivity index (χ1) is 11.6. The van der Waals surface area contributed by atoms with Gasteiger partial charge in [-0.05, 0) is 30.3 Å². The molecule has 2 aromatic carbocycles. The molecule has 0 saturated heterocycles. The molecule has 0 aliphatic carbocycles. The molecule has 1 heterocycles. The van der Waals surface area contributed by atoms with Gasteiger partial charge in [0, 0.05) is 10.6 Å². The minimum Gasteiger partial charge on any atom is -0.493 e. The predicted octanol–water partition coefficient (Wildman–Crippen LogP) is 3.27. The second kappa shape index (κ2) is 6.41. The van der Waals surface area contributed by atoms with E-state index >= 15 is 0 Å². The highest BCUT2D eigenvalue weighted by atomic mass is 35.5. The van der Waals surface area contributed by atoms with Crippen LogP contribution in [0.4, 0.5) is 0 Å². The van der Waals surface area contributed by atoms with Crippen molar-refractivity contribution in [1.82, 2.24) is 9.97 Å². The second-order valence-electron chi connectivity index (χ2n) is 4.96. The summed E-state index contributed by atoms with van der Waals surface area (Å²) in [5, 5.41) is 0.952. The highest BCUT2D eigenvalue weighted by molar-refractivity contribution is 6.30. The van der Waals surface area contributed by atoms with E-state index in [1.54, 1.807) is 30.3 Å². The van der Waals surface area contributed by atoms with Gasteiger partial charge in [0.1, 0.15) is 11.3 Å². The molecule has 0 amide bonds. The number of methoxy groups -OCH3 is 3. The maximum atomic E-state index is 12.5. The van der Waals surface area contributed by atoms with Crippen LogP contribution in [0.3, 0.4) is 0 Å². The lowest BCUT2D eigenvalue weighted by Gasteiger charge is -2.14. The third-order valence-electron chi connectivity index (χ3n) is 3.62. The van der Waals surface area contributed by atoms with Gasteiger partial charge in [0.2, 0.25) is 5.75 Å². The SMILES string of the molecule is COc1cc2c(=O)[nH]c(-c3ccc(Cl)cc3)nc2c(OC)c1OC. The molecule has 0 aliphatic rings. The Morgan fingerprint density at radius 3 is 2.25 bits per heavy atom. The quantitative estimate of drug-likeness (QED) is 0.784. The number of fused-ring (bicyclic) bond motifs is 1. The largest absolute Gasteiger partial charge is 0.493 e. The molecule has 0 unspecified atom stereocenters. The first-order valence-electron chi connectivity index (χ1n) is 7.08. The lowest BCUT2D eigenvalue weighted by Crippen LogP contribution is -2.11. The number of ether oxygens (including phenoxy) is 3. The Labute approximate surface area is 143 Å². The maximum Gasteiger partial charge on any atom is 0.259 e. The molecule has 3 rings (SSSR count). The minimum absolute atomic E-state index is 0.302. The molecule has 6 nitrogen and oxygen atoms in total. The number of halogens is 1. The Balaban J connectivity index is 2.34. The summed E-state index contributed by atoms with van der Waals surface area (Å²) >= 11 is 5.90. The molecular formula is C17H15ClN2O4. The Bertz CT molecular complexity index is 951. The summed E-state index contributed by atoms with van der Waals surface area (Å²) in [6.07, 6.45) is 0. The monoisotopic (exact) mass is 346 g/mol. The van der Waals surface area contributed by atoms with E-state index in [4.69, 9.17) is 25.8 Å². The fourth-order valence-corrected chi connectivity index (χ4v) is 2.61. The van der Waals surface area contributed by atoms with Crippen LogP contribution in [-0.2, 0) is 0 Å². The molecule has 0 radical (unpaired) electrons. The smallest absolute Gasteiger partial charge is 0.259 e. The first kappa shape index (κ1) is 16.1. The first-order valence-corrected chi connectivity index (χ1v) is 7.45. The number of rotatable bonds is 4. The number of aromatic amines is 1. The molecule has 0 saturated carbocycles. The molecule has 7 heteroatoms. The lowest BCUT2D eigenvalue weighted by molar-refractivity contribution is 0.327. The van der Waals surface area contributed by atoms with Crippen LogP contribution in [0.2, 0.25) is 5.02 Å². The number of H-pyrrole nitrogens is 1. The topological polar surface area (TPSA) is 73.4 Å². The van der Waals surface area contributed by atoms with Gasteiger partial charge in [-0.2, -0.15) is 0 Å². The van der Waals surface area contributed by atoms with Crippen molar-refractivity contribution in [2.75, 3.05) is 21.3 Å². The summed E-state index contributed by atoms with van der Waals surface area (Å²) in [6.45, 7) is 0. The summed E-state index contributed by atoms with van der Waals surface area (Å²) in [4.78, 5) is 19.8. The molecule has 0 atom stereocenters. The Hall–Kier alpha value is -2.73. The molecule has 0 bridgehead atoms. The third-order valence-corrected chi connectivity index (χ3v) is 3.87. The fraction of sp³-hybridized carbons (Fsp3) is 0.176. The van der Waals surface area contributed by atoms with Gasteiger partial charge in [-0.25, -0.2) is 4.98 Å². The zero-order chi connectivity index (χ0) is 17.3. The molecule has 0 spiro atoms. The van der Waals surface area contributed by atoms with Gasteiger partial charge < -0.3 is 19.2 Å². The highest BCUT2D eigenvalue weighted by Gasteiger charge is 2.19. The van der Waals surface area contributed by atoms with Crippen molar-refractivity contribution < 1.29 is 14.2 Å². The van der Waals surface area contributed by atoms with E-state index in [0.29, 0.717) is 39.0 Å². The van der Waals surface area contributed by atoms with E-state index in [-0.39, 0.29) is 5.56 Å². The molecule has 0 aliphatic heterocycles. The normalized spacial score (nSPS) is 10.7. The van der Waals surface area contributed by atoms with Crippen molar-refractivity contribution in [1.29, 1.82) is 0 Å². The summed E-state index contributed by atoms with van der Waals surface area (Å²) in [5.41, 5.74) is 0.822. The van der Waals surface area contributed by atoms with Crippen LogP contribution in [0.1, 0.15) is 0 Å². The van der Waals surface area contributed by atoms with E-state index < -0.39 is 0 Å². The average molecular weight is 347 g/mol. The summed E-state index contributed by atoms with van der Waals surface area (Å²) in [7, 11) is 4.48. The van der Waals surface area contributed by atoms with Crippen LogP contribution in [0.15, 0.2) is 35.1 Å². The zero-order valence-electron chi connectivity index (χ0n) is 13.3. The van der Waals surface area contributed by atoms with Crippen molar-refractivity contribution in [3.05, 3.63) is 45.7 Å². The number of nitrogens with zero attached hydrogens (tertiary/aromatic N) is 1. The summed E-state index contributed by atoms with van der Waals surface area (Å²) in [6, 6.07) is 8.59.